The molecule has 0 heterocycles. The summed E-state index contributed by atoms with van der Waals surface area (Å²) in [5.41, 5.74) is 7.21. The van der Waals surface area contributed by atoms with Gasteiger partial charge in [0.25, 0.3) is 0 Å². The van der Waals surface area contributed by atoms with Gasteiger partial charge in [-0.2, -0.15) is 0 Å². The Bertz CT molecular complexity index is 388. The van der Waals surface area contributed by atoms with Crippen molar-refractivity contribution in [2.45, 2.75) is 26.7 Å². The number of aryl methyl sites for hydroxylation is 1. The summed E-state index contributed by atoms with van der Waals surface area (Å²) >= 11 is 0. The number of hydrogen-bond acceptors (Lipinski definition) is 3. The fraction of sp³-hybridized carbons (Fsp3) is 0.500. The maximum absolute atomic E-state index is 12.2. The Kier molecular flexibility index (Phi) is 5.16. The fourth-order valence-electron chi connectivity index (χ4n) is 1.86. The number of rotatable bonds is 6. The monoisotopic (exact) mass is 235 g/mol. The van der Waals surface area contributed by atoms with Gasteiger partial charge in [-0.1, -0.05) is 6.92 Å². The van der Waals surface area contributed by atoms with Crippen LogP contribution >= 0.6 is 0 Å². The van der Waals surface area contributed by atoms with Crippen molar-refractivity contribution >= 4 is 5.78 Å². The Labute approximate surface area is 103 Å². The number of benzene rings is 1. The van der Waals surface area contributed by atoms with Crippen molar-refractivity contribution in [3.63, 3.8) is 0 Å². The minimum absolute atomic E-state index is 0.0330. The molecule has 1 aromatic carbocycles. The molecule has 2 N–H and O–H groups in total. The summed E-state index contributed by atoms with van der Waals surface area (Å²) in [6.45, 7) is 4.53. The third kappa shape index (κ3) is 3.56. The molecule has 94 valence electrons. The topological polar surface area (TPSA) is 52.3 Å². The predicted octanol–water partition coefficient (Wildman–Crippen LogP) is 2.56. The smallest absolute Gasteiger partial charge is 0.165 e. The van der Waals surface area contributed by atoms with Gasteiger partial charge in [-0.05, 0) is 50.1 Å². The molecule has 0 aliphatic carbocycles. The van der Waals surface area contributed by atoms with Gasteiger partial charge in [-0.3, -0.25) is 4.79 Å². The summed E-state index contributed by atoms with van der Waals surface area (Å²) in [5, 5.41) is 0. The highest BCUT2D eigenvalue weighted by Crippen LogP contribution is 2.21. The number of carbonyl (C=O) groups excluding carboxylic acids is 1. The highest BCUT2D eigenvalue weighted by molar-refractivity contribution is 5.99. The molecule has 1 unspecified atom stereocenters. The molecule has 1 aromatic rings. The van der Waals surface area contributed by atoms with Crippen LogP contribution in [-0.4, -0.2) is 19.4 Å². The highest BCUT2D eigenvalue weighted by atomic mass is 16.5. The van der Waals surface area contributed by atoms with Crippen LogP contribution in [-0.2, 0) is 0 Å². The summed E-state index contributed by atoms with van der Waals surface area (Å²) in [5.74, 6) is 1.01. The average molecular weight is 235 g/mol. The minimum atomic E-state index is 0.0330. The van der Waals surface area contributed by atoms with Crippen molar-refractivity contribution in [1.82, 2.24) is 0 Å². The predicted molar refractivity (Wildman–Crippen MR) is 69.5 cm³/mol. The normalized spacial score (nSPS) is 12.2. The van der Waals surface area contributed by atoms with E-state index >= 15 is 0 Å². The lowest BCUT2D eigenvalue weighted by Gasteiger charge is -2.12. The van der Waals surface area contributed by atoms with E-state index in [2.05, 4.69) is 0 Å². The van der Waals surface area contributed by atoms with Gasteiger partial charge < -0.3 is 10.5 Å². The number of nitrogens with two attached hydrogens (primary N) is 1. The van der Waals surface area contributed by atoms with E-state index in [0.717, 1.165) is 29.7 Å². The van der Waals surface area contributed by atoms with E-state index in [1.807, 2.05) is 32.0 Å². The number of ketones is 1. The highest BCUT2D eigenvalue weighted by Gasteiger charge is 2.16. The second-order valence-electron chi connectivity index (χ2n) is 4.38. The molecule has 0 saturated heterocycles. The zero-order chi connectivity index (χ0) is 12.8. The summed E-state index contributed by atoms with van der Waals surface area (Å²) in [7, 11) is 1.63. The lowest BCUT2D eigenvalue weighted by atomic mass is 9.92. The maximum Gasteiger partial charge on any atom is 0.165 e. The number of ether oxygens (including phenoxy) is 1. The third-order valence-electron chi connectivity index (χ3n) is 2.99. The first-order valence-corrected chi connectivity index (χ1v) is 5.99. The van der Waals surface area contributed by atoms with Crippen molar-refractivity contribution in [3.05, 3.63) is 29.3 Å². The van der Waals surface area contributed by atoms with Gasteiger partial charge in [0.05, 0.1) is 7.11 Å². The van der Waals surface area contributed by atoms with Gasteiger partial charge in [-0.15, -0.1) is 0 Å². The molecule has 0 aromatic heterocycles. The number of hydrogen-bond donors (Lipinski definition) is 1. The quantitative estimate of drug-likeness (QED) is 0.771. The van der Waals surface area contributed by atoms with Crippen molar-refractivity contribution in [2.75, 3.05) is 13.7 Å². The number of Topliss-reactive ketones (excluding diaryl/α,β-unsaturated/α-hetero) is 1. The molecule has 1 rings (SSSR count). The van der Waals surface area contributed by atoms with Gasteiger partial charge in [-0.25, -0.2) is 0 Å². The minimum Gasteiger partial charge on any atom is -0.497 e. The molecule has 3 heteroatoms. The SMILES string of the molecule is COc1ccc(C(=O)C(C)CCCN)c(C)c1. The van der Waals surface area contributed by atoms with E-state index in [1.165, 1.54) is 0 Å². The maximum atomic E-state index is 12.2. The summed E-state index contributed by atoms with van der Waals surface area (Å²) in [4.78, 5) is 12.2. The second kappa shape index (κ2) is 6.40. The Morgan fingerprint density at radius 3 is 2.71 bits per heavy atom. The van der Waals surface area contributed by atoms with Crippen LogP contribution in [0, 0.1) is 12.8 Å². The first-order valence-electron chi connectivity index (χ1n) is 5.99. The van der Waals surface area contributed by atoms with Crippen LogP contribution in [0.4, 0.5) is 0 Å². The van der Waals surface area contributed by atoms with E-state index in [4.69, 9.17) is 10.5 Å². The van der Waals surface area contributed by atoms with Gasteiger partial charge in [0.2, 0.25) is 0 Å². The van der Waals surface area contributed by atoms with Crippen LogP contribution in [0.2, 0.25) is 0 Å². The molecule has 0 fully saturated rings. The molecule has 0 aliphatic heterocycles. The Hall–Kier alpha value is -1.35. The Balaban J connectivity index is 2.81. The van der Waals surface area contributed by atoms with Crippen molar-refractivity contribution in [1.29, 1.82) is 0 Å². The van der Waals surface area contributed by atoms with Crippen LogP contribution < -0.4 is 10.5 Å². The van der Waals surface area contributed by atoms with E-state index in [-0.39, 0.29) is 11.7 Å². The zero-order valence-electron chi connectivity index (χ0n) is 10.8. The fourth-order valence-corrected chi connectivity index (χ4v) is 1.86. The molecule has 0 saturated carbocycles. The standard InChI is InChI=1S/C14H21NO2/c1-10(5-4-8-15)14(16)13-7-6-12(17-3)9-11(13)2/h6-7,9-10H,4-5,8,15H2,1-3H3. The molecule has 1 atom stereocenters. The van der Waals surface area contributed by atoms with E-state index in [0.29, 0.717) is 6.54 Å². The lowest BCUT2D eigenvalue weighted by molar-refractivity contribution is 0.0922. The molecule has 0 aliphatic rings. The van der Waals surface area contributed by atoms with Gasteiger partial charge in [0.1, 0.15) is 5.75 Å². The summed E-state index contributed by atoms with van der Waals surface area (Å²) in [6, 6.07) is 5.56. The molecule has 0 radical (unpaired) electrons. The molecule has 0 spiro atoms. The lowest BCUT2D eigenvalue weighted by Crippen LogP contribution is -2.14. The molecule has 3 nitrogen and oxygen atoms in total. The van der Waals surface area contributed by atoms with Crippen LogP contribution in [0.15, 0.2) is 18.2 Å². The third-order valence-corrected chi connectivity index (χ3v) is 2.99. The van der Waals surface area contributed by atoms with Crippen LogP contribution in [0.5, 0.6) is 5.75 Å². The van der Waals surface area contributed by atoms with E-state index in [1.54, 1.807) is 7.11 Å². The molecule has 17 heavy (non-hydrogen) atoms. The summed E-state index contributed by atoms with van der Waals surface area (Å²) < 4.78 is 5.13. The molecule has 0 bridgehead atoms. The molecule has 0 amide bonds. The van der Waals surface area contributed by atoms with E-state index < -0.39 is 0 Å². The zero-order valence-corrected chi connectivity index (χ0v) is 10.8. The number of methoxy groups -OCH3 is 1. The average Bonchev–Trinajstić information content (AvgIpc) is 2.34. The van der Waals surface area contributed by atoms with Crippen molar-refractivity contribution in [3.8, 4) is 5.75 Å². The second-order valence-corrected chi connectivity index (χ2v) is 4.38. The summed E-state index contributed by atoms with van der Waals surface area (Å²) in [6.07, 6.45) is 1.74. The van der Waals surface area contributed by atoms with Crippen LogP contribution in [0.25, 0.3) is 0 Å². The van der Waals surface area contributed by atoms with Crippen LogP contribution in [0.3, 0.4) is 0 Å². The molecular weight excluding hydrogens is 214 g/mol. The molecular formula is C14H21NO2. The largest absolute Gasteiger partial charge is 0.497 e. The number of carbonyl (C=O) groups is 1. The Morgan fingerprint density at radius 1 is 1.47 bits per heavy atom. The first kappa shape index (κ1) is 13.7. The van der Waals surface area contributed by atoms with Gasteiger partial charge >= 0.3 is 0 Å². The Morgan fingerprint density at radius 2 is 2.18 bits per heavy atom. The van der Waals surface area contributed by atoms with Crippen molar-refractivity contribution < 1.29 is 9.53 Å². The van der Waals surface area contributed by atoms with Crippen LogP contribution in [0.1, 0.15) is 35.7 Å². The van der Waals surface area contributed by atoms with Gasteiger partial charge in [0.15, 0.2) is 5.78 Å². The first-order chi connectivity index (χ1) is 8.10. The van der Waals surface area contributed by atoms with Gasteiger partial charge in [0, 0.05) is 11.5 Å². The van der Waals surface area contributed by atoms with E-state index in [9.17, 15) is 4.79 Å². The van der Waals surface area contributed by atoms with Crippen molar-refractivity contribution in [2.24, 2.45) is 11.7 Å².